The number of aromatic amines is 1. The van der Waals surface area contributed by atoms with Gasteiger partial charge in [-0.25, -0.2) is 9.78 Å². The normalized spacial score (nSPS) is 23.5. The van der Waals surface area contributed by atoms with E-state index in [2.05, 4.69) is 75.6 Å². The molecule has 0 radical (unpaired) electrons. The molecule has 14 nitrogen and oxygen atoms in total. The van der Waals surface area contributed by atoms with Gasteiger partial charge in [-0.2, -0.15) is 0 Å². The number of rotatable bonds is 13. The van der Waals surface area contributed by atoms with E-state index in [-0.39, 0.29) is 59.6 Å². The van der Waals surface area contributed by atoms with Crippen LogP contribution in [-0.2, 0) is 23.9 Å². The molecule has 4 N–H and O–H groups in total. The van der Waals surface area contributed by atoms with Crippen LogP contribution in [0.2, 0.25) is 0 Å². The lowest BCUT2D eigenvalue weighted by molar-refractivity contribution is -0.138. The summed E-state index contributed by atoms with van der Waals surface area (Å²) in [6.45, 7) is 5.61. The van der Waals surface area contributed by atoms with Gasteiger partial charge in [-0.05, 0) is 89.4 Å². The molecule has 0 spiro atoms. The van der Waals surface area contributed by atoms with E-state index in [1.807, 2.05) is 60.0 Å². The van der Waals surface area contributed by atoms with Crippen molar-refractivity contribution in [1.82, 2.24) is 35.7 Å². The van der Waals surface area contributed by atoms with Crippen LogP contribution in [0.15, 0.2) is 89.9 Å². The van der Waals surface area contributed by atoms with Crippen molar-refractivity contribution in [2.45, 2.75) is 88.6 Å². The van der Waals surface area contributed by atoms with E-state index >= 15 is 0 Å². The zero-order valence-electron chi connectivity index (χ0n) is 38.0. The molecule has 8 atom stereocenters. The predicted molar refractivity (Wildman–Crippen MR) is 253 cm³/mol. The van der Waals surface area contributed by atoms with Crippen molar-refractivity contribution in [3.8, 4) is 11.1 Å². The Morgan fingerprint density at radius 2 is 1.70 bits per heavy atom. The molecule has 2 unspecified atom stereocenters. The first-order valence-corrected chi connectivity index (χ1v) is 23.5. The molecule has 4 aromatic carbocycles. The average Bonchev–Trinajstić information content (AvgIpc) is 3.67. The molecule has 66 heavy (non-hydrogen) atoms. The molecule has 14 heteroatoms. The topological polar surface area (TPSA) is 170 Å². The highest BCUT2D eigenvalue weighted by molar-refractivity contribution is 6.05. The molecule has 342 valence electrons. The Kier molecular flexibility index (Phi) is 11.8. The number of hydrogen-bond donors (Lipinski definition) is 4. The standard InChI is InChI=1S/C52H58N8O6/c1-5-29(2)43(58-52(64)66-4)50(62)59-23-9-12-41(59)47-53-39-21-17-35-25-33(15-19-37(35)45(39)55-47)34-16-20-38-36(26-34)18-22-40-46(38)56-48(54-40)42-24-30(28-65-3)27-60(42)51(63)44(31-10-7-6-8-11-31)57-49(61)32-13-14-32/h6-8,10-11,15-22,25-26,29-30,32,39,41-45H,5,9,12-14,23-24,27-28H2,1-4H3,(H,53,55)(H,54,56)(H,57,61)(H,58,64)/t29-,30-,39?,41-,42-,43-,44+,45?/m0/s1. The molecule has 3 aliphatic heterocycles. The molecule has 3 fully saturated rings. The molecule has 0 bridgehead atoms. The van der Waals surface area contributed by atoms with Gasteiger partial charge < -0.3 is 40.2 Å². The Balaban J connectivity index is 0.875. The molecular weight excluding hydrogens is 833 g/mol. The lowest BCUT2D eigenvalue weighted by Crippen LogP contribution is -2.55. The Hall–Kier alpha value is -6.54. The molecule has 4 amide bonds. The van der Waals surface area contributed by atoms with Crippen LogP contribution in [0.3, 0.4) is 0 Å². The van der Waals surface area contributed by atoms with Crippen molar-refractivity contribution in [3.05, 3.63) is 107 Å². The predicted octanol–water partition coefficient (Wildman–Crippen LogP) is 7.39. The van der Waals surface area contributed by atoms with Crippen LogP contribution in [0.5, 0.6) is 0 Å². The van der Waals surface area contributed by atoms with Crippen LogP contribution < -0.4 is 16.0 Å². The second-order valence-corrected chi connectivity index (χ2v) is 18.7. The fourth-order valence-electron chi connectivity index (χ4n) is 10.5. The van der Waals surface area contributed by atoms with Gasteiger partial charge in [0.1, 0.15) is 23.7 Å². The fourth-order valence-corrected chi connectivity index (χ4v) is 10.5. The molecule has 5 aliphatic rings. The van der Waals surface area contributed by atoms with E-state index in [4.69, 9.17) is 19.5 Å². The number of amides is 4. The Morgan fingerprint density at radius 1 is 0.894 bits per heavy atom. The second kappa shape index (κ2) is 18.0. The highest BCUT2D eigenvalue weighted by atomic mass is 16.5. The lowest BCUT2D eigenvalue weighted by Gasteiger charge is -2.32. The summed E-state index contributed by atoms with van der Waals surface area (Å²) in [6, 6.07) is 24.6. The maximum absolute atomic E-state index is 14.6. The Labute approximate surface area is 384 Å². The van der Waals surface area contributed by atoms with E-state index in [9.17, 15) is 19.2 Å². The van der Waals surface area contributed by atoms with Crippen LogP contribution in [0.25, 0.3) is 39.0 Å². The first-order chi connectivity index (χ1) is 32.1. The minimum Gasteiger partial charge on any atom is -0.453 e. The van der Waals surface area contributed by atoms with Crippen molar-refractivity contribution in [2.75, 3.05) is 33.9 Å². The number of methoxy groups -OCH3 is 2. The summed E-state index contributed by atoms with van der Waals surface area (Å²) in [6.07, 6.45) is 8.48. The van der Waals surface area contributed by atoms with Crippen molar-refractivity contribution in [2.24, 2.45) is 22.7 Å². The lowest BCUT2D eigenvalue weighted by atomic mass is 9.88. The van der Waals surface area contributed by atoms with Gasteiger partial charge in [-0.1, -0.05) is 93.1 Å². The first-order valence-electron chi connectivity index (χ1n) is 23.5. The van der Waals surface area contributed by atoms with Crippen LogP contribution >= 0.6 is 0 Å². The molecule has 5 aromatic rings. The maximum atomic E-state index is 14.6. The zero-order valence-corrected chi connectivity index (χ0v) is 38.0. The molecule has 4 heterocycles. The summed E-state index contributed by atoms with van der Waals surface area (Å²) < 4.78 is 10.4. The number of alkyl carbamates (subject to hydrolysis) is 1. The van der Waals surface area contributed by atoms with Crippen LogP contribution in [0.1, 0.15) is 93.0 Å². The van der Waals surface area contributed by atoms with E-state index in [0.29, 0.717) is 26.1 Å². The molecule has 2 saturated heterocycles. The number of benzene rings is 4. The number of likely N-dealkylation sites (tertiary alicyclic amines) is 2. The maximum Gasteiger partial charge on any atom is 0.407 e. The number of ether oxygens (including phenoxy) is 2. The van der Waals surface area contributed by atoms with Crippen LogP contribution in [-0.4, -0.2) is 101 Å². The van der Waals surface area contributed by atoms with Crippen LogP contribution in [0, 0.1) is 17.8 Å². The van der Waals surface area contributed by atoms with Gasteiger partial charge in [0, 0.05) is 37.4 Å². The minimum atomic E-state index is -0.792. The van der Waals surface area contributed by atoms with E-state index in [1.54, 1.807) is 7.11 Å². The fraction of sp³-hybridized carbons (Fsp3) is 0.423. The molecule has 10 rings (SSSR count). The number of imidazole rings is 1. The summed E-state index contributed by atoms with van der Waals surface area (Å²) in [5.41, 5.74) is 6.96. The van der Waals surface area contributed by atoms with Gasteiger partial charge in [-0.15, -0.1) is 0 Å². The van der Waals surface area contributed by atoms with E-state index in [0.717, 1.165) is 93.4 Å². The van der Waals surface area contributed by atoms with E-state index in [1.165, 1.54) is 7.11 Å². The van der Waals surface area contributed by atoms with Gasteiger partial charge in [0.2, 0.25) is 17.7 Å². The number of hydrogen-bond acceptors (Lipinski definition) is 9. The average molecular weight is 891 g/mol. The Bertz CT molecular complexity index is 2750. The number of carbonyl (C=O) groups is 4. The number of amidine groups is 1. The van der Waals surface area contributed by atoms with Crippen molar-refractivity contribution < 1.29 is 28.7 Å². The number of aliphatic imine (C=N–C) groups is 1. The largest absolute Gasteiger partial charge is 0.453 e. The van der Waals surface area contributed by atoms with Gasteiger partial charge >= 0.3 is 6.09 Å². The monoisotopic (exact) mass is 890 g/mol. The Morgan fingerprint density at radius 3 is 2.47 bits per heavy atom. The van der Waals surface area contributed by atoms with Crippen molar-refractivity contribution in [1.29, 1.82) is 0 Å². The highest BCUT2D eigenvalue weighted by Gasteiger charge is 2.44. The zero-order chi connectivity index (χ0) is 45.6. The number of nitrogens with zero attached hydrogens (tertiary/aromatic N) is 4. The SMILES string of the molecule is CC[C@H](C)[C@H](NC(=O)OC)C(=O)N1CCC[C@H]1C1=NC2C=Cc3cc(-c4ccc5c(ccc6nc([C@@H]7C[C@H](COC)CN7C(=O)[C@H](NC(=O)C7CC7)c7ccccc7)[nH]c65)c4)ccc3C2N1. The molecule has 2 aliphatic carbocycles. The third-order valence-electron chi connectivity index (χ3n) is 14.4. The number of H-pyrrole nitrogens is 1. The van der Waals surface area contributed by atoms with E-state index < -0.39 is 18.2 Å². The highest BCUT2D eigenvalue weighted by Crippen LogP contribution is 2.41. The molecule has 1 saturated carbocycles. The van der Waals surface area contributed by atoms with Gasteiger partial charge in [0.15, 0.2) is 0 Å². The summed E-state index contributed by atoms with van der Waals surface area (Å²) in [5.74, 6) is 1.25. The quantitative estimate of drug-likeness (QED) is 0.0949. The minimum absolute atomic E-state index is 0.0307. The van der Waals surface area contributed by atoms with Gasteiger partial charge in [0.05, 0.1) is 48.9 Å². The summed E-state index contributed by atoms with van der Waals surface area (Å²) in [7, 11) is 3.00. The smallest absolute Gasteiger partial charge is 0.407 e. The molecular formula is C52H58N8O6. The third kappa shape index (κ3) is 8.20. The van der Waals surface area contributed by atoms with Crippen molar-refractivity contribution in [3.63, 3.8) is 0 Å². The molecule has 1 aromatic heterocycles. The summed E-state index contributed by atoms with van der Waals surface area (Å²) in [5, 5.41) is 11.7. The van der Waals surface area contributed by atoms with Crippen LogP contribution in [0.4, 0.5) is 4.79 Å². The number of fused-ring (bicyclic) bond motifs is 6. The third-order valence-corrected chi connectivity index (χ3v) is 14.4. The van der Waals surface area contributed by atoms with Crippen molar-refractivity contribution >= 4 is 57.5 Å². The number of carbonyl (C=O) groups excluding carboxylic acids is 4. The van der Waals surface area contributed by atoms with Gasteiger partial charge in [-0.3, -0.25) is 19.4 Å². The first kappa shape index (κ1) is 43.4. The van der Waals surface area contributed by atoms with Gasteiger partial charge in [0.25, 0.3) is 0 Å². The summed E-state index contributed by atoms with van der Waals surface area (Å²) >= 11 is 0. The number of aromatic nitrogens is 2. The summed E-state index contributed by atoms with van der Waals surface area (Å²) in [4.78, 5) is 71.4. The second-order valence-electron chi connectivity index (χ2n) is 18.7. The number of nitrogens with one attached hydrogen (secondary N) is 4.